The molecule has 0 aliphatic carbocycles. The van der Waals surface area contributed by atoms with E-state index in [1.165, 1.54) is 0 Å². The van der Waals surface area contributed by atoms with Crippen LogP contribution in [0.2, 0.25) is 0 Å². The van der Waals surface area contributed by atoms with Crippen molar-refractivity contribution in [2.24, 2.45) is 0 Å². The lowest BCUT2D eigenvalue weighted by Gasteiger charge is -2.18. The van der Waals surface area contributed by atoms with E-state index in [-0.39, 0.29) is 12.0 Å². The molecule has 2 heterocycles. The molecule has 2 aromatic rings. The van der Waals surface area contributed by atoms with Crippen molar-refractivity contribution in [2.75, 3.05) is 19.3 Å². The maximum absolute atomic E-state index is 12.7. The number of carbonyl (C=O) groups is 1. The topological polar surface area (TPSA) is 42.4 Å². The number of nitrogens with zero attached hydrogens (tertiary/aromatic N) is 2. The molecule has 1 aliphatic rings. The summed E-state index contributed by atoms with van der Waals surface area (Å²) in [5.74, 6) is 0.715. The summed E-state index contributed by atoms with van der Waals surface area (Å²) in [4.78, 5) is 20.0. The summed E-state index contributed by atoms with van der Waals surface area (Å²) in [6.07, 6.45) is 2.84. The number of thioether (sulfide) groups is 1. The first kappa shape index (κ1) is 15.9. The third-order valence-electron chi connectivity index (χ3n) is 3.92. The van der Waals surface area contributed by atoms with Crippen molar-refractivity contribution in [3.05, 3.63) is 53.7 Å². The normalized spacial score (nSPS) is 17.3. The highest BCUT2D eigenvalue weighted by Gasteiger charge is 2.29. The molecule has 1 unspecified atom stereocenters. The Balaban J connectivity index is 1.66. The molecule has 0 saturated carbocycles. The van der Waals surface area contributed by atoms with Crippen molar-refractivity contribution >= 4 is 17.7 Å². The minimum Gasteiger partial charge on any atom is -0.472 e. The van der Waals surface area contributed by atoms with Gasteiger partial charge in [-0.05, 0) is 31.4 Å². The minimum atomic E-state index is 0.00897. The van der Waals surface area contributed by atoms with Crippen LogP contribution in [0.5, 0.6) is 5.88 Å². The summed E-state index contributed by atoms with van der Waals surface area (Å²) in [6.45, 7) is 3.27. The number of aryl methyl sites for hydroxylation is 1. The lowest BCUT2D eigenvalue weighted by Crippen LogP contribution is -2.31. The number of aromatic nitrogens is 1. The van der Waals surface area contributed by atoms with Crippen LogP contribution in [-0.2, 0) is 0 Å². The summed E-state index contributed by atoms with van der Waals surface area (Å²) in [5, 5.41) is 0. The van der Waals surface area contributed by atoms with E-state index in [0.29, 0.717) is 12.4 Å². The van der Waals surface area contributed by atoms with Crippen LogP contribution in [0.25, 0.3) is 0 Å². The van der Waals surface area contributed by atoms with Gasteiger partial charge in [0.15, 0.2) is 0 Å². The van der Waals surface area contributed by atoms with Gasteiger partial charge in [0.05, 0.1) is 12.1 Å². The molecule has 0 bridgehead atoms. The fourth-order valence-electron chi connectivity index (χ4n) is 2.75. The SMILES string of the molecule is CSc1ccccc1C(=O)N1CCC(Oc2cccc(C)n2)C1. The quantitative estimate of drug-likeness (QED) is 0.807. The first-order valence-corrected chi connectivity index (χ1v) is 8.92. The molecule has 4 nitrogen and oxygen atoms in total. The number of pyridine rings is 1. The zero-order valence-electron chi connectivity index (χ0n) is 13.4. The predicted molar refractivity (Wildman–Crippen MR) is 92.1 cm³/mol. The van der Waals surface area contributed by atoms with E-state index in [1.807, 2.05) is 60.5 Å². The fourth-order valence-corrected chi connectivity index (χ4v) is 3.34. The Morgan fingerprint density at radius 1 is 1.26 bits per heavy atom. The lowest BCUT2D eigenvalue weighted by atomic mass is 10.2. The molecule has 1 saturated heterocycles. The van der Waals surface area contributed by atoms with Gasteiger partial charge in [-0.2, -0.15) is 0 Å². The summed E-state index contributed by atoms with van der Waals surface area (Å²) in [6, 6.07) is 13.5. The molecule has 23 heavy (non-hydrogen) atoms. The second-order valence-electron chi connectivity index (χ2n) is 5.60. The average molecular weight is 328 g/mol. The molecular weight excluding hydrogens is 308 g/mol. The smallest absolute Gasteiger partial charge is 0.255 e. The molecule has 0 spiro atoms. The maximum Gasteiger partial charge on any atom is 0.255 e. The third kappa shape index (κ3) is 3.67. The van der Waals surface area contributed by atoms with Gasteiger partial charge in [0, 0.05) is 29.6 Å². The molecule has 120 valence electrons. The molecule has 1 fully saturated rings. The largest absolute Gasteiger partial charge is 0.472 e. The second kappa shape index (κ2) is 7.04. The van der Waals surface area contributed by atoms with Crippen molar-refractivity contribution in [3.8, 4) is 5.88 Å². The van der Waals surface area contributed by atoms with Crippen molar-refractivity contribution in [3.63, 3.8) is 0 Å². The van der Waals surface area contributed by atoms with E-state index in [0.717, 1.165) is 29.1 Å². The van der Waals surface area contributed by atoms with Gasteiger partial charge in [0.1, 0.15) is 6.10 Å². The number of carbonyl (C=O) groups excluding carboxylic acids is 1. The number of hydrogen-bond donors (Lipinski definition) is 0. The Kier molecular flexibility index (Phi) is 4.86. The molecule has 1 amide bonds. The molecule has 0 radical (unpaired) electrons. The van der Waals surface area contributed by atoms with Crippen molar-refractivity contribution in [1.29, 1.82) is 0 Å². The zero-order chi connectivity index (χ0) is 16.2. The molecule has 1 aromatic carbocycles. The van der Waals surface area contributed by atoms with Crippen LogP contribution in [0.15, 0.2) is 47.4 Å². The summed E-state index contributed by atoms with van der Waals surface area (Å²) in [5.41, 5.74) is 1.71. The van der Waals surface area contributed by atoms with E-state index in [1.54, 1.807) is 11.8 Å². The van der Waals surface area contributed by atoms with Gasteiger partial charge >= 0.3 is 0 Å². The van der Waals surface area contributed by atoms with Crippen LogP contribution >= 0.6 is 11.8 Å². The number of likely N-dealkylation sites (tertiary alicyclic amines) is 1. The van der Waals surface area contributed by atoms with Crippen molar-refractivity contribution in [1.82, 2.24) is 9.88 Å². The van der Waals surface area contributed by atoms with Gasteiger partial charge in [0.2, 0.25) is 5.88 Å². The van der Waals surface area contributed by atoms with Crippen molar-refractivity contribution in [2.45, 2.75) is 24.3 Å². The average Bonchev–Trinajstić information content (AvgIpc) is 3.02. The van der Waals surface area contributed by atoms with Gasteiger partial charge in [-0.15, -0.1) is 11.8 Å². The van der Waals surface area contributed by atoms with Gasteiger partial charge in [-0.3, -0.25) is 4.79 Å². The van der Waals surface area contributed by atoms with Gasteiger partial charge in [-0.1, -0.05) is 18.2 Å². The standard InChI is InChI=1S/C18H20N2O2S/c1-13-6-5-9-17(19-13)22-14-10-11-20(12-14)18(21)15-7-3-4-8-16(15)23-2/h3-9,14H,10-12H2,1-2H3. The van der Waals surface area contributed by atoms with Crippen LogP contribution < -0.4 is 4.74 Å². The number of benzene rings is 1. The Bertz CT molecular complexity index is 705. The van der Waals surface area contributed by atoms with E-state index < -0.39 is 0 Å². The van der Waals surface area contributed by atoms with Gasteiger partial charge < -0.3 is 9.64 Å². The van der Waals surface area contributed by atoms with Crippen LogP contribution in [0.3, 0.4) is 0 Å². The van der Waals surface area contributed by atoms with E-state index in [2.05, 4.69) is 4.98 Å². The summed E-state index contributed by atoms with van der Waals surface area (Å²) >= 11 is 1.60. The molecule has 5 heteroatoms. The number of rotatable bonds is 4. The van der Waals surface area contributed by atoms with Crippen LogP contribution in [0.4, 0.5) is 0 Å². The predicted octanol–water partition coefficient (Wildman–Crippen LogP) is 3.41. The summed E-state index contributed by atoms with van der Waals surface area (Å²) in [7, 11) is 0. The van der Waals surface area contributed by atoms with Gasteiger partial charge in [-0.25, -0.2) is 4.98 Å². The van der Waals surface area contributed by atoms with E-state index >= 15 is 0 Å². The minimum absolute atomic E-state index is 0.00897. The highest BCUT2D eigenvalue weighted by Crippen LogP contribution is 2.24. The molecule has 1 aliphatic heterocycles. The molecule has 1 aromatic heterocycles. The lowest BCUT2D eigenvalue weighted by molar-refractivity contribution is 0.0767. The van der Waals surface area contributed by atoms with Crippen molar-refractivity contribution < 1.29 is 9.53 Å². The van der Waals surface area contributed by atoms with Crippen LogP contribution in [-0.4, -0.2) is 41.2 Å². The summed E-state index contributed by atoms with van der Waals surface area (Å²) < 4.78 is 5.92. The Morgan fingerprint density at radius 3 is 2.87 bits per heavy atom. The number of hydrogen-bond acceptors (Lipinski definition) is 4. The molecule has 0 N–H and O–H groups in total. The number of ether oxygens (including phenoxy) is 1. The highest BCUT2D eigenvalue weighted by molar-refractivity contribution is 7.98. The fraction of sp³-hybridized carbons (Fsp3) is 0.333. The first-order chi connectivity index (χ1) is 11.2. The van der Waals surface area contributed by atoms with Crippen LogP contribution in [0, 0.1) is 6.92 Å². The van der Waals surface area contributed by atoms with Gasteiger partial charge in [0.25, 0.3) is 5.91 Å². The Hall–Kier alpha value is -2.01. The molecule has 3 rings (SSSR count). The maximum atomic E-state index is 12.7. The van der Waals surface area contributed by atoms with E-state index in [4.69, 9.17) is 4.74 Å². The van der Waals surface area contributed by atoms with E-state index in [9.17, 15) is 4.79 Å². The Labute approximate surface area is 140 Å². The monoisotopic (exact) mass is 328 g/mol. The molecular formula is C18H20N2O2S. The zero-order valence-corrected chi connectivity index (χ0v) is 14.2. The first-order valence-electron chi connectivity index (χ1n) is 7.70. The second-order valence-corrected chi connectivity index (χ2v) is 6.45. The Morgan fingerprint density at radius 2 is 2.09 bits per heavy atom. The third-order valence-corrected chi connectivity index (χ3v) is 4.72. The molecule has 1 atom stereocenters. The van der Waals surface area contributed by atoms with Crippen LogP contribution in [0.1, 0.15) is 22.5 Å². The highest BCUT2D eigenvalue weighted by atomic mass is 32.2. The number of amides is 1.